The molecule has 1 aliphatic rings. The van der Waals surface area contributed by atoms with Gasteiger partial charge in [0.2, 0.25) is 5.71 Å². The zero-order valence-electron chi connectivity index (χ0n) is 24.2. The molecule has 2 aromatic carbocycles. The Bertz CT molecular complexity index is 1820. The highest BCUT2D eigenvalue weighted by Crippen LogP contribution is 2.48. The molecule has 1 amide bonds. The smallest absolute Gasteiger partial charge is 0.389 e. The number of hydrogen-bond acceptors (Lipinski definition) is 5. The number of halogens is 5. The largest absolute Gasteiger partial charge is 0.437 e. The van der Waals surface area contributed by atoms with Gasteiger partial charge in [-0.2, -0.15) is 18.4 Å². The molecular weight excluding hydrogens is 581 g/mol. The molecule has 0 saturated heterocycles. The molecule has 2 heterocycles. The molecule has 0 radical (unpaired) electrons. The van der Waals surface area contributed by atoms with Crippen LogP contribution >= 0.6 is 0 Å². The number of alkyl halides is 3. The number of amides is 1. The van der Waals surface area contributed by atoms with Crippen LogP contribution in [0.25, 0.3) is 33.6 Å². The Morgan fingerprint density at radius 2 is 1.77 bits per heavy atom. The number of hydrogen-bond donors (Lipinski definition) is 1. The van der Waals surface area contributed by atoms with Crippen LogP contribution in [-0.2, 0) is 6.42 Å². The number of aromatic nitrogens is 1. The molecule has 1 unspecified atom stereocenters. The van der Waals surface area contributed by atoms with Crippen molar-refractivity contribution >= 4 is 22.8 Å². The predicted octanol–water partition coefficient (Wildman–Crippen LogP) is 8.12. The summed E-state index contributed by atoms with van der Waals surface area (Å²) in [6, 6.07) is 12.3. The zero-order valence-corrected chi connectivity index (χ0v) is 24.2. The minimum absolute atomic E-state index is 0.0265. The third-order valence-electron chi connectivity index (χ3n) is 8.08. The molecule has 2 aromatic heterocycles. The van der Waals surface area contributed by atoms with E-state index in [1.165, 1.54) is 13.1 Å². The third-order valence-corrected chi connectivity index (χ3v) is 8.08. The van der Waals surface area contributed by atoms with E-state index in [9.17, 15) is 28.0 Å². The van der Waals surface area contributed by atoms with Crippen LogP contribution in [0.5, 0.6) is 0 Å². The fraction of sp³-hybridized carbons (Fsp3) is 0.333. The fourth-order valence-corrected chi connectivity index (χ4v) is 5.39. The summed E-state index contributed by atoms with van der Waals surface area (Å²) in [6.07, 6.45) is -5.34. The van der Waals surface area contributed by atoms with E-state index in [1.807, 2.05) is 6.92 Å². The number of furan rings is 1. The molecule has 1 saturated carbocycles. The second-order valence-electron chi connectivity index (χ2n) is 11.4. The maximum absolute atomic E-state index is 15.0. The number of aryl methyl sites for hydroxylation is 2. The highest BCUT2D eigenvalue weighted by Gasteiger charge is 2.43. The first kappa shape index (κ1) is 30.9. The Kier molecular flexibility index (Phi) is 8.05. The first-order chi connectivity index (χ1) is 20.7. The van der Waals surface area contributed by atoms with Crippen molar-refractivity contribution in [2.75, 3.05) is 7.05 Å². The van der Waals surface area contributed by atoms with Gasteiger partial charge in [0, 0.05) is 31.0 Å². The number of benzene rings is 2. The number of carbonyl (C=O) groups is 2. The third kappa shape index (κ3) is 6.07. The van der Waals surface area contributed by atoms with Crippen molar-refractivity contribution in [1.29, 1.82) is 5.26 Å². The summed E-state index contributed by atoms with van der Waals surface area (Å²) in [4.78, 5) is 30.6. The number of fused-ring (bicyclic) bond motifs is 1. The number of ketones is 1. The number of carbonyl (C=O) groups excluding carboxylic acids is 2. The molecule has 4 aromatic rings. The molecule has 1 N–H and O–H groups in total. The number of Topliss-reactive ketones (excluding diaryl/α,β-unsaturated/α-hetero) is 1. The quantitative estimate of drug-likeness (QED) is 0.153. The van der Waals surface area contributed by atoms with E-state index >= 15 is 8.78 Å². The fourth-order valence-electron chi connectivity index (χ4n) is 5.39. The molecule has 0 spiro atoms. The van der Waals surface area contributed by atoms with E-state index < -0.39 is 53.3 Å². The number of nitriles is 1. The molecule has 228 valence electrons. The van der Waals surface area contributed by atoms with Gasteiger partial charge in [0.15, 0.2) is 17.4 Å². The van der Waals surface area contributed by atoms with Gasteiger partial charge in [0.1, 0.15) is 5.76 Å². The van der Waals surface area contributed by atoms with Crippen molar-refractivity contribution in [1.82, 2.24) is 10.3 Å². The van der Waals surface area contributed by atoms with Crippen molar-refractivity contribution in [2.45, 2.75) is 52.1 Å². The first-order valence-corrected chi connectivity index (χ1v) is 14.0. The summed E-state index contributed by atoms with van der Waals surface area (Å²) in [5.74, 6) is -4.09. The highest BCUT2D eigenvalue weighted by atomic mass is 19.4. The van der Waals surface area contributed by atoms with Gasteiger partial charge >= 0.3 is 6.18 Å². The lowest BCUT2D eigenvalue weighted by atomic mass is 9.80. The Morgan fingerprint density at radius 3 is 2.36 bits per heavy atom. The Labute approximate surface area is 249 Å². The molecular formula is C33H28F5N3O3. The van der Waals surface area contributed by atoms with Gasteiger partial charge in [-0.05, 0) is 62.8 Å². The van der Waals surface area contributed by atoms with E-state index in [0.29, 0.717) is 5.56 Å². The molecule has 0 bridgehead atoms. The Hall–Kier alpha value is -4.59. The van der Waals surface area contributed by atoms with Gasteiger partial charge in [0.25, 0.3) is 5.91 Å². The standard InChI is InChI=1S/C33H28F5N3O3/c1-17-4-6-18(7-5-17)29-27(30(43)40-3)23-14-21(25(41-31(23)44-29)10-11-33(36,37)38)19-12-22(28(35)24(34)13-19)26(42)15-32(2,16-39)20-8-9-20/h4-7,12-14,20H,8-11,15H2,1-3H3,(H,40,43). The van der Waals surface area contributed by atoms with Crippen LogP contribution in [0, 0.1) is 41.2 Å². The van der Waals surface area contributed by atoms with Crippen LogP contribution in [0.1, 0.15) is 64.6 Å². The maximum atomic E-state index is 15.0. The number of rotatable bonds is 9. The molecule has 6 nitrogen and oxygen atoms in total. The summed E-state index contributed by atoms with van der Waals surface area (Å²) < 4.78 is 76.0. The molecule has 1 fully saturated rings. The van der Waals surface area contributed by atoms with Crippen LogP contribution in [0.15, 0.2) is 46.9 Å². The molecule has 1 aliphatic carbocycles. The second-order valence-corrected chi connectivity index (χ2v) is 11.4. The van der Waals surface area contributed by atoms with Crippen molar-refractivity contribution in [3.63, 3.8) is 0 Å². The minimum Gasteiger partial charge on any atom is -0.437 e. The minimum atomic E-state index is -4.56. The Balaban J connectivity index is 1.71. The lowest BCUT2D eigenvalue weighted by Gasteiger charge is -2.20. The summed E-state index contributed by atoms with van der Waals surface area (Å²) in [5.41, 5.74) is -0.579. The van der Waals surface area contributed by atoms with Gasteiger partial charge in [0.05, 0.1) is 33.7 Å². The summed E-state index contributed by atoms with van der Waals surface area (Å²) in [5, 5.41) is 12.3. The van der Waals surface area contributed by atoms with E-state index in [1.54, 1.807) is 31.2 Å². The Morgan fingerprint density at radius 1 is 1.09 bits per heavy atom. The van der Waals surface area contributed by atoms with Gasteiger partial charge < -0.3 is 9.73 Å². The van der Waals surface area contributed by atoms with E-state index in [2.05, 4.69) is 16.4 Å². The van der Waals surface area contributed by atoms with Gasteiger partial charge in [-0.3, -0.25) is 9.59 Å². The summed E-state index contributed by atoms with van der Waals surface area (Å²) in [6.45, 7) is 3.47. The van der Waals surface area contributed by atoms with Gasteiger partial charge in [-0.1, -0.05) is 29.8 Å². The average Bonchev–Trinajstić information content (AvgIpc) is 3.78. The lowest BCUT2D eigenvalue weighted by molar-refractivity contribution is -0.134. The second kappa shape index (κ2) is 11.5. The SMILES string of the molecule is CNC(=O)c1c(-c2ccc(C)cc2)oc2nc(CCC(F)(F)F)c(-c3cc(F)c(F)c(C(=O)CC(C)(C#N)C4CC4)c3)cc12. The van der Waals surface area contributed by atoms with Crippen LogP contribution in [-0.4, -0.2) is 29.9 Å². The first-order valence-electron chi connectivity index (χ1n) is 14.0. The van der Waals surface area contributed by atoms with E-state index in [4.69, 9.17) is 4.42 Å². The van der Waals surface area contributed by atoms with Gasteiger partial charge in [-0.15, -0.1) is 0 Å². The average molecular weight is 610 g/mol. The molecule has 11 heteroatoms. The van der Waals surface area contributed by atoms with Crippen molar-refractivity contribution in [2.24, 2.45) is 11.3 Å². The normalized spacial score (nSPS) is 14.7. The van der Waals surface area contributed by atoms with Gasteiger partial charge in [-0.25, -0.2) is 13.8 Å². The van der Waals surface area contributed by atoms with Crippen molar-refractivity contribution in [3.05, 3.63) is 76.5 Å². The molecule has 1 atom stereocenters. The molecule has 44 heavy (non-hydrogen) atoms. The summed E-state index contributed by atoms with van der Waals surface area (Å²) >= 11 is 0. The lowest BCUT2D eigenvalue weighted by Crippen LogP contribution is -2.22. The maximum Gasteiger partial charge on any atom is 0.389 e. The number of pyridine rings is 1. The van der Waals surface area contributed by atoms with Crippen LogP contribution < -0.4 is 5.32 Å². The van der Waals surface area contributed by atoms with Crippen molar-refractivity contribution in [3.8, 4) is 28.5 Å². The van der Waals surface area contributed by atoms with E-state index in [0.717, 1.165) is 30.5 Å². The number of nitrogens with zero attached hydrogens (tertiary/aromatic N) is 2. The zero-order chi connectivity index (χ0) is 32.0. The van der Waals surface area contributed by atoms with Crippen LogP contribution in [0.3, 0.4) is 0 Å². The topological polar surface area (TPSA) is 96.0 Å². The van der Waals surface area contributed by atoms with Crippen LogP contribution in [0.2, 0.25) is 0 Å². The van der Waals surface area contributed by atoms with Crippen molar-refractivity contribution < 1.29 is 36.0 Å². The van der Waals surface area contributed by atoms with E-state index in [-0.39, 0.29) is 51.6 Å². The predicted molar refractivity (Wildman–Crippen MR) is 153 cm³/mol. The van der Waals surface area contributed by atoms with Crippen LogP contribution in [0.4, 0.5) is 22.0 Å². The highest BCUT2D eigenvalue weighted by molar-refractivity contribution is 6.11. The molecule has 5 rings (SSSR count). The summed E-state index contributed by atoms with van der Waals surface area (Å²) in [7, 11) is 1.40. The molecule has 0 aliphatic heterocycles. The monoisotopic (exact) mass is 609 g/mol. The number of nitrogens with one attached hydrogen (secondary N) is 1.